The van der Waals surface area contributed by atoms with Gasteiger partial charge in [-0.15, -0.1) is 0 Å². The molecule has 1 aromatic rings. The van der Waals surface area contributed by atoms with Crippen molar-refractivity contribution in [2.75, 3.05) is 13.6 Å². The summed E-state index contributed by atoms with van der Waals surface area (Å²) in [7, 11) is 2.07. The molecule has 0 radical (unpaired) electrons. The number of para-hydroxylation sites is 1. The van der Waals surface area contributed by atoms with Gasteiger partial charge in [-0.2, -0.15) is 0 Å². The summed E-state index contributed by atoms with van der Waals surface area (Å²) in [4.78, 5) is 6.59. The summed E-state index contributed by atoms with van der Waals surface area (Å²) in [6.07, 6.45) is 4.36. The molecule has 0 aliphatic carbocycles. The van der Waals surface area contributed by atoms with Crippen molar-refractivity contribution in [3.8, 4) is 0 Å². The minimum atomic E-state index is 1.06. The van der Waals surface area contributed by atoms with Crippen molar-refractivity contribution in [1.29, 1.82) is 0 Å². The Morgan fingerprint density at radius 3 is 2.73 bits per heavy atom. The minimum Gasteiger partial charge on any atom is -0.366 e. The highest BCUT2D eigenvalue weighted by Crippen LogP contribution is 2.16. The van der Waals surface area contributed by atoms with Crippen LogP contribution < -0.4 is 0 Å². The molecule has 2 nitrogen and oxygen atoms in total. The molecule has 0 amide bonds. The van der Waals surface area contributed by atoms with Crippen LogP contribution in [0.2, 0.25) is 0 Å². The van der Waals surface area contributed by atoms with Gasteiger partial charge in [-0.3, -0.25) is 0 Å². The van der Waals surface area contributed by atoms with Gasteiger partial charge in [-0.05, 0) is 25.0 Å². The molecule has 0 aliphatic heterocycles. The molecular formula is C13H20N2. The van der Waals surface area contributed by atoms with Gasteiger partial charge < -0.3 is 4.90 Å². The quantitative estimate of drug-likeness (QED) is 0.530. The van der Waals surface area contributed by atoms with E-state index in [0.29, 0.717) is 0 Å². The molecule has 82 valence electrons. The molecule has 0 heterocycles. The first-order chi connectivity index (χ1) is 7.24. The summed E-state index contributed by atoms with van der Waals surface area (Å²) < 4.78 is 0. The molecule has 0 aliphatic rings. The third-order valence-corrected chi connectivity index (χ3v) is 2.37. The Balaban J connectivity index is 2.53. The zero-order valence-corrected chi connectivity index (χ0v) is 9.90. The highest BCUT2D eigenvalue weighted by Gasteiger charge is 1.93. The summed E-state index contributed by atoms with van der Waals surface area (Å²) in [5.41, 5.74) is 2.28. The first-order valence-electron chi connectivity index (χ1n) is 5.54. The highest BCUT2D eigenvalue weighted by atomic mass is 15.1. The Morgan fingerprint density at radius 1 is 1.33 bits per heavy atom. The van der Waals surface area contributed by atoms with Crippen LogP contribution in [0, 0.1) is 6.92 Å². The second kappa shape index (κ2) is 6.23. The van der Waals surface area contributed by atoms with Crippen LogP contribution in [-0.2, 0) is 0 Å². The Kier molecular flexibility index (Phi) is 4.88. The molecule has 0 saturated carbocycles. The molecule has 0 fully saturated rings. The van der Waals surface area contributed by atoms with Crippen LogP contribution >= 0.6 is 0 Å². The largest absolute Gasteiger partial charge is 0.366 e. The zero-order chi connectivity index (χ0) is 11.1. The molecule has 0 unspecified atom stereocenters. The molecule has 0 atom stereocenters. The van der Waals surface area contributed by atoms with E-state index in [1.165, 1.54) is 18.4 Å². The summed E-state index contributed by atoms with van der Waals surface area (Å²) in [5, 5.41) is 0. The molecular weight excluding hydrogens is 184 g/mol. The summed E-state index contributed by atoms with van der Waals surface area (Å²) in [6, 6.07) is 8.18. The Hall–Kier alpha value is -1.31. The third kappa shape index (κ3) is 4.15. The number of aryl methyl sites for hydroxylation is 1. The van der Waals surface area contributed by atoms with E-state index in [1.54, 1.807) is 0 Å². The molecule has 0 saturated heterocycles. The molecule has 0 bridgehead atoms. The number of hydrogen-bond acceptors (Lipinski definition) is 1. The van der Waals surface area contributed by atoms with Crippen LogP contribution in [0.4, 0.5) is 5.69 Å². The van der Waals surface area contributed by atoms with Gasteiger partial charge in [0.15, 0.2) is 0 Å². The molecule has 0 spiro atoms. The Morgan fingerprint density at radius 2 is 2.07 bits per heavy atom. The first-order valence-corrected chi connectivity index (χ1v) is 5.54. The minimum absolute atomic E-state index is 1.06. The van der Waals surface area contributed by atoms with Crippen molar-refractivity contribution >= 4 is 12.0 Å². The van der Waals surface area contributed by atoms with Crippen molar-refractivity contribution in [2.45, 2.75) is 26.7 Å². The van der Waals surface area contributed by atoms with E-state index in [0.717, 1.165) is 12.2 Å². The monoisotopic (exact) mass is 204 g/mol. The van der Waals surface area contributed by atoms with Crippen LogP contribution in [0.5, 0.6) is 0 Å². The summed E-state index contributed by atoms with van der Waals surface area (Å²) in [5.74, 6) is 0. The van der Waals surface area contributed by atoms with Crippen LogP contribution in [-0.4, -0.2) is 24.8 Å². The van der Waals surface area contributed by atoms with Crippen molar-refractivity contribution in [3.63, 3.8) is 0 Å². The maximum Gasteiger partial charge on any atom is 0.0909 e. The lowest BCUT2D eigenvalue weighted by Crippen LogP contribution is -2.16. The SMILES string of the molecule is CCCCN(C)C=Nc1ccccc1C. The van der Waals surface area contributed by atoms with Crippen LogP contribution in [0.15, 0.2) is 29.3 Å². The topological polar surface area (TPSA) is 15.6 Å². The van der Waals surface area contributed by atoms with Crippen LogP contribution in [0.25, 0.3) is 0 Å². The van der Waals surface area contributed by atoms with E-state index in [2.05, 4.69) is 36.9 Å². The van der Waals surface area contributed by atoms with Gasteiger partial charge >= 0.3 is 0 Å². The number of hydrogen-bond donors (Lipinski definition) is 0. The highest BCUT2D eigenvalue weighted by molar-refractivity contribution is 5.62. The Labute approximate surface area is 92.6 Å². The van der Waals surface area contributed by atoms with E-state index < -0.39 is 0 Å². The van der Waals surface area contributed by atoms with Crippen molar-refractivity contribution in [3.05, 3.63) is 29.8 Å². The fourth-order valence-corrected chi connectivity index (χ4v) is 1.33. The zero-order valence-electron chi connectivity index (χ0n) is 9.90. The molecule has 0 aromatic heterocycles. The average Bonchev–Trinajstić information content (AvgIpc) is 2.25. The smallest absolute Gasteiger partial charge is 0.0909 e. The van der Waals surface area contributed by atoms with Crippen molar-refractivity contribution in [1.82, 2.24) is 4.90 Å². The van der Waals surface area contributed by atoms with Gasteiger partial charge in [-0.1, -0.05) is 31.5 Å². The van der Waals surface area contributed by atoms with Gasteiger partial charge in [0, 0.05) is 13.6 Å². The lowest BCUT2D eigenvalue weighted by Gasteiger charge is -2.11. The number of aliphatic imine (C=N–C) groups is 1. The number of benzene rings is 1. The number of nitrogens with zero attached hydrogens (tertiary/aromatic N) is 2. The summed E-state index contributed by atoms with van der Waals surface area (Å²) >= 11 is 0. The van der Waals surface area contributed by atoms with Gasteiger partial charge in [0.2, 0.25) is 0 Å². The Bertz CT molecular complexity index is 318. The standard InChI is InChI=1S/C13H20N2/c1-4-5-10-15(3)11-14-13-9-7-6-8-12(13)2/h6-9,11H,4-5,10H2,1-3H3. The number of rotatable bonds is 5. The number of unbranched alkanes of at least 4 members (excludes halogenated alkanes) is 1. The molecule has 1 rings (SSSR count). The lowest BCUT2D eigenvalue weighted by atomic mass is 10.2. The maximum atomic E-state index is 4.46. The molecule has 0 N–H and O–H groups in total. The molecule has 15 heavy (non-hydrogen) atoms. The fourth-order valence-electron chi connectivity index (χ4n) is 1.33. The van der Waals surface area contributed by atoms with Gasteiger partial charge in [0.25, 0.3) is 0 Å². The van der Waals surface area contributed by atoms with Crippen molar-refractivity contribution < 1.29 is 0 Å². The lowest BCUT2D eigenvalue weighted by molar-refractivity contribution is 0.497. The predicted molar refractivity (Wildman–Crippen MR) is 66.9 cm³/mol. The third-order valence-electron chi connectivity index (χ3n) is 2.37. The second-order valence-electron chi connectivity index (χ2n) is 3.87. The summed E-state index contributed by atoms with van der Waals surface area (Å²) in [6.45, 7) is 5.36. The van der Waals surface area contributed by atoms with Crippen LogP contribution in [0.3, 0.4) is 0 Å². The fraction of sp³-hybridized carbons (Fsp3) is 0.462. The molecule has 1 aromatic carbocycles. The van der Waals surface area contributed by atoms with E-state index in [9.17, 15) is 0 Å². The second-order valence-corrected chi connectivity index (χ2v) is 3.87. The molecule has 2 heteroatoms. The average molecular weight is 204 g/mol. The van der Waals surface area contributed by atoms with Gasteiger partial charge in [0.05, 0.1) is 12.0 Å². The van der Waals surface area contributed by atoms with Gasteiger partial charge in [-0.25, -0.2) is 4.99 Å². The van der Waals surface area contributed by atoms with E-state index >= 15 is 0 Å². The van der Waals surface area contributed by atoms with Crippen molar-refractivity contribution in [2.24, 2.45) is 4.99 Å². The van der Waals surface area contributed by atoms with Gasteiger partial charge in [0.1, 0.15) is 0 Å². The predicted octanol–water partition coefficient (Wildman–Crippen LogP) is 3.39. The normalized spacial score (nSPS) is 10.9. The maximum absolute atomic E-state index is 4.46. The van der Waals surface area contributed by atoms with E-state index in [-0.39, 0.29) is 0 Å². The van der Waals surface area contributed by atoms with E-state index in [4.69, 9.17) is 0 Å². The first kappa shape index (κ1) is 11.8. The van der Waals surface area contributed by atoms with Crippen LogP contribution in [0.1, 0.15) is 25.3 Å². The van der Waals surface area contributed by atoms with E-state index in [1.807, 2.05) is 24.5 Å².